The molecule has 0 aromatic heterocycles. The summed E-state index contributed by atoms with van der Waals surface area (Å²) < 4.78 is 112. The summed E-state index contributed by atoms with van der Waals surface area (Å²) in [5, 5.41) is 5.62. The quantitative estimate of drug-likeness (QED) is 0.118. The molecule has 7 rings (SSSR count). The van der Waals surface area contributed by atoms with E-state index in [1.807, 2.05) is 0 Å². The Labute approximate surface area is 398 Å². The van der Waals surface area contributed by atoms with Crippen LogP contribution in [0.3, 0.4) is 0 Å². The molecule has 57 heavy (non-hydrogen) atoms. The molecule has 0 aliphatic heterocycles. The van der Waals surface area contributed by atoms with Gasteiger partial charge in [-0.25, -0.2) is 25.3 Å². The van der Waals surface area contributed by atoms with Gasteiger partial charge < -0.3 is 24.3 Å². The molecule has 2 N–H and O–H groups in total. The Kier molecular flexibility index (Phi) is 16.1. The van der Waals surface area contributed by atoms with Gasteiger partial charge in [0.15, 0.2) is 11.6 Å². The van der Waals surface area contributed by atoms with E-state index in [2.05, 4.69) is 10.6 Å². The standard InChI is InChI=1S/C38H38N2O11S3.3Na/c41-37-26-12-7-13-31(52(43,44)45)34(26)38(42)36-30(40-28-17-15-25(21-33(28)54(49,50)51)23-10-5-2-6-11-23)19-18-29(35(36)37)39-27-16-14-24(20-32(27)53(46,47)48)22-8-3-1-4-9-22;;;/h7,12-23,39-40H,1-6,8-11H2,(H,43,44,45)(H,46,47,48)(H,49,50,51);;;/q;3*+1/p-3. The Morgan fingerprint density at radius 1 is 0.456 bits per heavy atom. The van der Waals surface area contributed by atoms with Crippen molar-refractivity contribution >= 4 is 64.7 Å². The molecule has 0 spiro atoms. The van der Waals surface area contributed by atoms with E-state index >= 15 is 0 Å². The Bertz CT molecular complexity index is 2560. The summed E-state index contributed by atoms with van der Waals surface area (Å²) in [6, 6.07) is 14.4. The molecule has 19 heteroatoms. The Hall–Kier alpha value is -1.45. The van der Waals surface area contributed by atoms with Crippen molar-refractivity contribution in [2.24, 2.45) is 0 Å². The van der Waals surface area contributed by atoms with E-state index in [-0.39, 0.29) is 129 Å². The van der Waals surface area contributed by atoms with Gasteiger partial charge in [0.2, 0.25) is 0 Å². The summed E-state index contributed by atoms with van der Waals surface area (Å²) in [7, 11) is -15.5. The molecule has 0 amide bonds. The van der Waals surface area contributed by atoms with E-state index in [0.717, 1.165) is 82.4 Å². The van der Waals surface area contributed by atoms with Crippen molar-refractivity contribution in [3.05, 3.63) is 100 Å². The first-order chi connectivity index (χ1) is 25.5. The number of nitrogens with one attached hydrogen (secondary N) is 2. The van der Waals surface area contributed by atoms with Gasteiger partial charge in [0, 0.05) is 5.56 Å². The van der Waals surface area contributed by atoms with Crippen molar-refractivity contribution in [1.82, 2.24) is 0 Å². The monoisotopic (exact) mass is 860 g/mol. The van der Waals surface area contributed by atoms with Crippen LogP contribution in [0.25, 0.3) is 0 Å². The van der Waals surface area contributed by atoms with Gasteiger partial charge in [-0.1, -0.05) is 62.8 Å². The van der Waals surface area contributed by atoms with Gasteiger partial charge in [-0.15, -0.1) is 0 Å². The van der Waals surface area contributed by atoms with Crippen LogP contribution in [0.2, 0.25) is 0 Å². The first-order valence-corrected chi connectivity index (χ1v) is 21.8. The Morgan fingerprint density at radius 2 is 0.842 bits per heavy atom. The Balaban J connectivity index is 0.00000240. The fraction of sp³-hybridized carbons (Fsp3) is 0.316. The van der Waals surface area contributed by atoms with E-state index < -0.39 is 73.3 Å². The number of ketones is 2. The predicted octanol–water partition coefficient (Wildman–Crippen LogP) is -2.23. The van der Waals surface area contributed by atoms with Crippen LogP contribution < -0.4 is 99.3 Å². The molecular weight excluding hydrogens is 826 g/mol. The average molecular weight is 861 g/mol. The molecule has 0 atom stereocenters. The van der Waals surface area contributed by atoms with Gasteiger partial charge >= 0.3 is 88.7 Å². The first-order valence-electron chi connectivity index (χ1n) is 17.6. The number of carbonyl (C=O) groups excluding carboxylic acids is 2. The molecule has 3 aliphatic carbocycles. The molecule has 0 heterocycles. The zero-order valence-electron chi connectivity index (χ0n) is 31.8. The summed E-state index contributed by atoms with van der Waals surface area (Å²) in [4.78, 5) is 26.5. The fourth-order valence-electron chi connectivity index (χ4n) is 8.07. The maximum Gasteiger partial charge on any atom is 1.00 e. The SMILES string of the molecule is O=C1c2cccc(S(=O)(=O)[O-])c2C(=O)c2c(Nc3ccc(C4CCCCC4)cc3S(=O)(=O)[O-])ccc(Nc3ccc(C4CCCCC4)cc3S(=O)(=O)[O-])c21.[Na+].[Na+].[Na+]. The number of fused-ring (bicyclic) bond motifs is 2. The van der Waals surface area contributed by atoms with Crippen LogP contribution in [-0.2, 0) is 30.4 Å². The van der Waals surface area contributed by atoms with Crippen molar-refractivity contribution in [2.75, 3.05) is 10.6 Å². The predicted molar refractivity (Wildman–Crippen MR) is 195 cm³/mol. The minimum absolute atomic E-state index is 0. The second-order valence-corrected chi connectivity index (χ2v) is 18.1. The molecule has 4 aromatic carbocycles. The van der Waals surface area contributed by atoms with Crippen molar-refractivity contribution in [1.29, 1.82) is 0 Å². The third-order valence-corrected chi connectivity index (χ3v) is 13.3. The van der Waals surface area contributed by atoms with E-state index in [1.165, 1.54) is 36.4 Å². The van der Waals surface area contributed by atoms with Gasteiger partial charge in [0.1, 0.15) is 30.4 Å². The average Bonchev–Trinajstić information content (AvgIpc) is 3.13. The van der Waals surface area contributed by atoms with E-state index in [0.29, 0.717) is 11.1 Å². The van der Waals surface area contributed by atoms with Crippen LogP contribution in [0.5, 0.6) is 0 Å². The number of rotatable bonds is 9. The van der Waals surface area contributed by atoms with Crippen molar-refractivity contribution in [3.8, 4) is 0 Å². The molecule has 4 aromatic rings. The van der Waals surface area contributed by atoms with Gasteiger partial charge in [-0.3, -0.25) is 9.59 Å². The van der Waals surface area contributed by atoms with Gasteiger partial charge in [-0.2, -0.15) is 0 Å². The molecule has 0 saturated heterocycles. The molecular formula is C38H35N2Na3O11S3. The van der Waals surface area contributed by atoms with Crippen LogP contribution in [0, 0.1) is 0 Å². The minimum atomic E-state index is -5.29. The van der Waals surface area contributed by atoms with Crippen LogP contribution in [0.1, 0.15) is 119 Å². The summed E-state index contributed by atoms with van der Waals surface area (Å²) in [5.74, 6) is -1.93. The summed E-state index contributed by atoms with van der Waals surface area (Å²) in [5.41, 5.74) is -1.43. The summed E-state index contributed by atoms with van der Waals surface area (Å²) in [6.07, 6.45) is 9.17. The third kappa shape index (κ3) is 10.2. The van der Waals surface area contributed by atoms with Gasteiger partial charge in [0.25, 0.3) is 0 Å². The normalized spacial score (nSPS) is 16.3. The second kappa shape index (κ2) is 19.1. The molecule has 284 valence electrons. The molecule has 2 fully saturated rings. The number of hydrogen-bond acceptors (Lipinski definition) is 13. The van der Waals surface area contributed by atoms with Crippen LogP contribution >= 0.6 is 0 Å². The molecule has 13 nitrogen and oxygen atoms in total. The third-order valence-electron chi connectivity index (χ3n) is 10.7. The first kappa shape index (κ1) is 48.2. The molecule has 0 radical (unpaired) electrons. The largest absolute Gasteiger partial charge is 1.00 e. The van der Waals surface area contributed by atoms with Crippen LogP contribution in [0.4, 0.5) is 22.7 Å². The smallest absolute Gasteiger partial charge is 0.744 e. The van der Waals surface area contributed by atoms with E-state index in [9.17, 15) is 48.5 Å². The summed E-state index contributed by atoms with van der Waals surface area (Å²) >= 11 is 0. The topological polar surface area (TPSA) is 230 Å². The molecule has 0 bridgehead atoms. The number of anilines is 4. The molecule has 3 aliphatic rings. The van der Waals surface area contributed by atoms with Crippen molar-refractivity contribution in [2.45, 2.75) is 90.7 Å². The summed E-state index contributed by atoms with van der Waals surface area (Å²) in [6.45, 7) is 0. The van der Waals surface area contributed by atoms with E-state index in [1.54, 1.807) is 12.1 Å². The zero-order valence-corrected chi connectivity index (χ0v) is 40.2. The minimum Gasteiger partial charge on any atom is -0.744 e. The van der Waals surface area contributed by atoms with Gasteiger partial charge in [-0.05, 0) is 91.1 Å². The second-order valence-electron chi connectivity index (χ2n) is 14.0. The number of hydrogen-bond donors (Lipinski definition) is 2. The molecule has 2 saturated carbocycles. The number of benzene rings is 4. The molecule has 0 unspecified atom stereocenters. The van der Waals surface area contributed by atoms with Gasteiger partial charge in [0.05, 0.1) is 54.1 Å². The van der Waals surface area contributed by atoms with Crippen LogP contribution in [-0.4, -0.2) is 50.5 Å². The van der Waals surface area contributed by atoms with E-state index in [4.69, 9.17) is 0 Å². The Morgan fingerprint density at radius 3 is 1.25 bits per heavy atom. The zero-order chi connectivity index (χ0) is 38.6. The maximum atomic E-state index is 14.4. The van der Waals surface area contributed by atoms with Crippen molar-refractivity contribution in [3.63, 3.8) is 0 Å². The number of carbonyl (C=O) groups is 2. The van der Waals surface area contributed by atoms with Crippen molar-refractivity contribution < 1.29 is 137 Å². The maximum absolute atomic E-state index is 14.4. The van der Waals surface area contributed by atoms with Crippen LogP contribution in [0.15, 0.2) is 81.4 Å². The fourth-order valence-corrected chi connectivity index (χ4v) is 10.1.